The Morgan fingerprint density at radius 2 is 2.00 bits per heavy atom. The van der Waals surface area contributed by atoms with Crippen LogP contribution in [0.15, 0.2) is 0 Å². The second-order valence-corrected chi connectivity index (χ2v) is 5.64. The van der Waals surface area contributed by atoms with E-state index in [9.17, 15) is 9.90 Å². The summed E-state index contributed by atoms with van der Waals surface area (Å²) in [6.07, 6.45) is 4.55. The van der Waals surface area contributed by atoms with Crippen LogP contribution >= 0.6 is 0 Å². The van der Waals surface area contributed by atoms with Gasteiger partial charge in [0.15, 0.2) is 0 Å². The molecule has 1 aliphatic carbocycles. The molecule has 0 heterocycles. The summed E-state index contributed by atoms with van der Waals surface area (Å²) < 4.78 is 0. The van der Waals surface area contributed by atoms with E-state index < -0.39 is 5.60 Å². The highest BCUT2D eigenvalue weighted by atomic mass is 16.3. The second kappa shape index (κ2) is 6.36. The lowest BCUT2D eigenvalue weighted by atomic mass is 10.0. The van der Waals surface area contributed by atoms with Crippen LogP contribution in [-0.4, -0.2) is 47.7 Å². The Morgan fingerprint density at radius 3 is 2.53 bits per heavy atom. The number of hydrogen-bond acceptors (Lipinski definition) is 3. The van der Waals surface area contributed by atoms with Crippen LogP contribution < -0.4 is 5.32 Å². The number of rotatable bonds is 6. The van der Waals surface area contributed by atoms with Gasteiger partial charge in [-0.25, -0.2) is 0 Å². The van der Waals surface area contributed by atoms with Gasteiger partial charge in [-0.15, -0.1) is 0 Å². The van der Waals surface area contributed by atoms with Gasteiger partial charge in [0.1, 0.15) is 0 Å². The summed E-state index contributed by atoms with van der Waals surface area (Å²) in [4.78, 5) is 13.5. The van der Waals surface area contributed by atoms with E-state index in [1.807, 2.05) is 20.9 Å². The fourth-order valence-corrected chi connectivity index (χ4v) is 2.46. The summed E-state index contributed by atoms with van der Waals surface area (Å²) in [6, 6.07) is 0.201. The van der Waals surface area contributed by atoms with Gasteiger partial charge >= 0.3 is 0 Å². The summed E-state index contributed by atoms with van der Waals surface area (Å²) in [5, 5.41) is 13.1. The number of carbonyl (C=O) groups is 1. The molecule has 0 aromatic carbocycles. The van der Waals surface area contributed by atoms with Crippen molar-refractivity contribution >= 4 is 5.91 Å². The van der Waals surface area contributed by atoms with E-state index in [-0.39, 0.29) is 11.9 Å². The van der Waals surface area contributed by atoms with Crippen molar-refractivity contribution in [2.45, 2.75) is 57.6 Å². The number of likely N-dealkylation sites (N-methyl/N-ethyl adjacent to an activating group) is 1. The Morgan fingerprint density at radius 1 is 1.41 bits per heavy atom. The average molecular weight is 242 g/mol. The molecule has 0 bridgehead atoms. The minimum atomic E-state index is -0.511. The summed E-state index contributed by atoms with van der Waals surface area (Å²) in [7, 11) is 1.97. The van der Waals surface area contributed by atoms with Crippen LogP contribution in [0.3, 0.4) is 0 Å². The molecule has 0 spiro atoms. The first-order valence-corrected chi connectivity index (χ1v) is 6.61. The molecule has 100 valence electrons. The highest BCUT2D eigenvalue weighted by Gasteiger charge is 2.31. The van der Waals surface area contributed by atoms with Crippen LogP contribution in [0, 0.1) is 0 Å². The van der Waals surface area contributed by atoms with Crippen LogP contribution in [0.1, 0.15) is 46.0 Å². The van der Waals surface area contributed by atoms with Crippen molar-refractivity contribution in [1.29, 1.82) is 0 Å². The fraction of sp³-hybridized carbons (Fsp3) is 0.923. The van der Waals surface area contributed by atoms with Crippen molar-refractivity contribution in [3.8, 4) is 0 Å². The van der Waals surface area contributed by atoms with Gasteiger partial charge in [0.05, 0.1) is 5.60 Å². The monoisotopic (exact) mass is 242 g/mol. The molecule has 4 nitrogen and oxygen atoms in total. The molecule has 0 aromatic heterocycles. The number of nitrogens with one attached hydrogen (secondary N) is 1. The molecule has 0 unspecified atom stereocenters. The smallest absolute Gasteiger partial charge is 0.221 e. The molecule has 0 aromatic rings. The molecule has 1 aliphatic rings. The highest BCUT2D eigenvalue weighted by Crippen LogP contribution is 2.29. The standard InChI is InChI=1S/C13H26N2O2/c1-11(2)14-12(16)6-9-15(3)10-13(17)7-4-5-8-13/h11,17H,4-10H2,1-3H3,(H,14,16). The van der Waals surface area contributed by atoms with Crippen molar-refractivity contribution in [3.63, 3.8) is 0 Å². The largest absolute Gasteiger partial charge is 0.389 e. The molecule has 0 radical (unpaired) electrons. The maximum atomic E-state index is 11.5. The van der Waals surface area contributed by atoms with Gasteiger partial charge < -0.3 is 15.3 Å². The molecular formula is C13H26N2O2. The lowest BCUT2D eigenvalue weighted by Gasteiger charge is -2.28. The van der Waals surface area contributed by atoms with Crippen molar-refractivity contribution in [2.75, 3.05) is 20.1 Å². The Hall–Kier alpha value is -0.610. The molecular weight excluding hydrogens is 216 g/mol. The van der Waals surface area contributed by atoms with Crippen LogP contribution in [-0.2, 0) is 4.79 Å². The predicted molar refractivity (Wildman–Crippen MR) is 68.8 cm³/mol. The zero-order valence-electron chi connectivity index (χ0n) is 11.3. The minimum Gasteiger partial charge on any atom is -0.389 e. The van der Waals surface area contributed by atoms with Crippen LogP contribution in [0.4, 0.5) is 0 Å². The normalized spacial score (nSPS) is 18.9. The average Bonchev–Trinajstić information content (AvgIpc) is 2.61. The number of nitrogens with zero attached hydrogens (tertiary/aromatic N) is 1. The first kappa shape index (κ1) is 14.5. The van der Waals surface area contributed by atoms with Gasteiger partial charge in [0.25, 0.3) is 0 Å². The summed E-state index contributed by atoms with van der Waals surface area (Å²) >= 11 is 0. The van der Waals surface area contributed by atoms with Gasteiger partial charge in [-0.2, -0.15) is 0 Å². The lowest BCUT2D eigenvalue weighted by molar-refractivity contribution is -0.122. The van der Waals surface area contributed by atoms with Crippen molar-refractivity contribution in [1.82, 2.24) is 10.2 Å². The van der Waals surface area contributed by atoms with Crippen molar-refractivity contribution in [3.05, 3.63) is 0 Å². The number of carbonyl (C=O) groups excluding carboxylic acids is 1. The SMILES string of the molecule is CC(C)NC(=O)CCN(C)CC1(O)CCCC1. The molecule has 1 saturated carbocycles. The van der Waals surface area contributed by atoms with Crippen molar-refractivity contribution < 1.29 is 9.90 Å². The van der Waals surface area contributed by atoms with E-state index in [2.05, 4.69) is 10.2 Å². The first-order valence-electron chi connectivity index (χ1n) is 6.61. The van der Waals surface area contributed by atoms with E-state index >= 15 is 0 Å². The molecule has 0 saturated heterocycles. The molecule has 0 aliphatic heterocycles. The maximum Gasteiger partial charge on any atom is 0.221 e. The topological polar surface area (TPSA) is 52.6 Å². The quantitative estimate of drug-likeness (QED) is 0.734. The Balaban J connectivity index is 2.20. The highest BCUT2D eigenvalue weighted by molar-refractivity contribution is 5.76. The first-order chi connectivity index (χ1) is 7.91. The second-order valence-electron chi connectivity index (χ2n) is 5.64. The van der Waals surface area contributed by atoms with Gasteiger partial charge in [-0.3, -0.25) is 4.79 Å². The van der Waals surface area contributed by atoms with E-state index in [1.54, 1.807) is 0 Å². The van der Waals surface area contributed by atoms with Gasteiger partial charge in [0, 0.05) is 25.6 Å². The van der Waals surface area contributed by atoms with E-state index in [1.165, 1.54) is 0 Å². The lowest BCUT2D eigenvalue weighted by Crippen LogP contribution is -2.41. The number of hydrogen-bond donors (Lipinski definition) is 2. The molecule has 1 rings (SSSR count). The molecule has 4 heteroatoms. The molecule has 17 heavy (non-hydrogen) atoms. The summed E-state index contributed by atoms with van der Waals surface area (Å²) in [6.45, 7) is 5.31. The summed E-state index contributed by atoms with van der Waals surface area (Å²) in [5.74, 6) is 0.0882. The summed E-state index contributed by atoms with van der Waals surface area (Å²) in [5.41, 5.74) is -0.511. The third-order valence-corrected chi connectivity index (χ3v) is 3.27. The van der Waals surface area contributed by atoms with Crippen LogP contribution in [0.2, 0.25) is 0 Å². The third-order valence-electron chi connectivity index (χ3n) is 3.27. The van der Waals surface area contributed by atoms with Crippen molar-refractivity contribution in [2.24, 2.45) is 0 Å². The Labute approximate surface area is 104 Å². The van der Waals surface area contributed by atoms with Crippen LogP contribution in [0.25, 0.3) is 0 Å². The minimum absolute atomic E-state index is 0.0882. The Bertz CT molecular complexity index is 248. The Kier molecular flexibility index (Phi) is 5.40. The van der Waals surface area contributed by atoms with E-state index in [4.69, 9.17) is 0 Å². The van der Waals surface area contributed by atoms with Gasteiger partial charge in [-0.1, -0.05) is 12.8 Å². The number of aliphatic hydroxyl groups is 1. The maximum absolute atomic E-state index is 11.5. The van der Waals surface area contributed by atoms with E-state index in [0.29, 0.717) is 19.5 Å². The number of amides is 1. The van der Waals surface area contributed by atoms with E-state index in [0.717, 1.165) is 25.7 Å². The van der Waals surface area contributed by atoms with Crippen LogP contribution in [0.5, 0.6) is 0 Å². The zero-order valence-corrected chi connectivity index (χ0v) is 11.3. The predicted octanol–water partition coefficient (Wildman–Crippen LogP) is 1.14. The molecule has 1 fully saturated rings. The third kappa shape index (κ3) is 5.50. The molecule has 1 amide bonds. The molecule has 0 atom stereocenters. The molecule has 2 N–H and O–H groups in total. The van der Waals surface area contributed by atoms with Gasteiger partial charge in [-0.05, 0) is 33.7 Å². The van der Waals surface area contributed by atoms with Gasteiger partial charge in [0.2, 0.25) is 5.91 Å². The zero-order chi connectivity index (χ0) is 12.9. The fourth-order valence-electron chi connectivity index (χ4n) is 2.46.